The number of carbonyl (C=O) groups excluding carboxylic acids is 1. The molecular weight excluding hydrogens is 375 g/mol. The minimum atomic E-state index is -0.512. The van der Waals surface area contributed by atoms with Gasteiger partial charge in [-0.3, -0.25) is 4.79 Å². The van der Waals surface area contributed by atoms with Gasteiger partial charge in [-0.2, -0.15) is 0 Å². The third kappa shape index (κ3) is 5.47. The molecule has 1 fully saturated rings. The predicted molar refractivity (Wildman–Crippen MR) is 124 cm³/mol. The average Bonchev–Trinajstić information content (AvgIpc) is 2.78. The summed E-state index contributed by atoms with van der Waals surface area (Å²) in [5.74, 6) is -0.468. The van der Waals surface area contributed by atoms with Gasteiger partial charge in [-0.25, -0.2) is 0 Å². The number of hydrogen-bond donors (Lipinski definition) is 0. The molecule has 4 nitrogen and oxygen atoms in total. The summed E-state index contributed by atoms with van der Waals surface area (Å²) >= 11 is 0. The van der Waals surface area contributed by atoms with E-state index < -0.39 is 18.3 Å². The van der Waals surface area contributed by atoms with E-state index in [2.05, 4.69) is 59.7 Å². The summed E-state index contributed by atoms with van der Waals surface area (Å²) in [6.45, 7) is 23.7. The molecular formula is C25H41BO4. The number of ether oxygens (including phenoxy) is 1. The molecule has 1 aromatic carbocycles. The summed E-state index contributed by atoms with van der Waals surface area (Å²) in [5.41, 5.74) is 2.61. The van der Waals surface area contributed by atoms with Crippen LogP contribution in [0.1, 0.15) is 105 Å². The van der Waals surface area contributed by atoms with Crippen LogP contribution in [0.3, 0.4) is 0 Å². The van der Waals surface area contributed by atoms with Crippen molar-refractivity contribution < 1.29 is 18.8 Å². The van der Waals surface area contributed by atoms with E-state index in [-0.39, 0.29) is 29.0 Å². The maximum absolute atomic E-state index is 12.5. The van der Waals surface area contributed by atoms with Crippen LogP contribution < -0.4 is 0 Å². The number of carbonyl (C=O) groups is 1. The first-order valence-electron chi connectivity index (χ1n) is 11.1. The molecule has 0 amide bonds. The van der Waals surface area contributed by atoms with Crippen molar-refractivity contribution in [2.75, 3.05) is 6.61 Å². The van der Waals surface area contributed by atoms with Gasteiger partial charge in [0.15, 0.2) is 0 Å². The van der Waals surface area contributed by atoms with Crippen molar-refractivity contribution in [3.8, 4) is 0 Å². The van der Waals surface area contributed by atoms with Gasteiger partial charge in [-0.15, -0.1) is 0 Å². The van der Waals surface area contributed by atoms with Crippen LogP contribution >= 0.6 is 0 Å². The van der Waals surface area contributed by atoms with Crippen LogP contribution in [0, 0.1) is 0 Å². The first kappa shape index (κ1) is 24.9. The minimum absolute atomic E-state index is 0.0135. The van der Waals surface area contributed by atoms with Crippen molar-refractivity contribution in [2.45, 2.75) is 110 Å². The average molecular weight is 416 g/mol. The number of benzene rings is 1. The maximum atomic E-state index is 12.5. The van der Waals surface area contributed by atoms with E-state index >= 15 is 0 Å². The van der Waals surface area contributed by atoms with E-state index in [1.54, 1.807) is 0 Å². The normalized spacial score (nSPS) is 19.6. The molecule has 30 heavy (non-hydrogen) atoms. The maximum Gasteiger partial charge on any atom is 0.466 e. The van der Waals surface area contributed by atoms with Crippen LogP contribution in [0.4, 0.5) is 0 Å². The highest BCUT2D eigenvalue weighted by Gasteiger charge is 2.54. The summed E-state index contributed by atoms with van der Waals surface area (Å²) in [4.78, 5) is 12.5. The lowest BCUT2D eigenvalue weighted by atomic mass is 9.64. The van der Waals surface area contributed by atoms with Crippen molar-refractivity contribution in [3.05, 3.63) is 34.9 Å². The third-order valence-corrected chi connectivity index (χ3v) is 6.41. The molecule has 1 unspecified atom stereocenters. The van der Waals surface area contributed by atoms with Gasteiger partial charge in [0.2, 0.25) is 0 Å². The second kappa shape index (κ2) is 8.31. The first-order valence-corrected chi connectivity index (χ1v) is 11.1. The molecule has 0 radical (unpaired) electrons. The van der Waals surface area contributed by atoms with Gasteiger partial charge in [0.25, 0.3) is 0 Å². The minimum Gasteiger partial charge on any atom is -0.466 e. The quantitative estimate of drug-likeness (QED) is 0.440. The van der Waals surface area contributed by atoms with Crippen molar-refractivity contribution in [1.82, 2.24) is 0 Å². The number of esters is 1. The van der Waals surface area contributed by atoms with E-state index in [9.17, 15) is 4.79 Å². The van der Waals surface area contributed by atoms with Crippen LogP contribution in [-0.2, 0) is 29.7 Å². The van der Waals surface area contributed by atoms with Crippen LogP contribution in [0.5, 0.6) is 0 Å². The Morgan fingerprint density at radius 1 is 0.933 bits per heavy atom. The number of rotatable bonds is 5. The lowest BCUT2D eigenvalue weighted by Gasteiger charge is -2.32. The molecule has 1 heterocycles. The van der Waals surface area contributed by atoms with Crippen LogP contribution in [0.2, 0.25) is 0 Å². The van der Waals surface area contributed by atoms with Crippen molar-refractivity contribution in [2.24, 2.45) is 0 Å². The fourth-order valence-electron chi connectivity index (χ4n) is 3.56. The van der Waals surface area contributed by atoms with Gasteiger partial charge >= 0.3 is 13.1 Å². The Kier molecular flexibility index (Phi) is 6.91. The zero-order valence-electron chi connectivity index (χ0n) is 20.9. The smallest absolute Gasteiger partial charge is 0.466 e. The summed E-state index contributed by atoms with van der Waals surface area (Å²) in [6, 6.07) is 6.71. The Morgan fingerprint density at radius 3 is 1.73 bits per heavy atom. The summed E-state index contributed by atoms with van der Waals surface area (Å²) in [6.07, 6.45) is 0.224. The lowest BCUT2D eigenvalue weighted by molar-refractivity contribution is -0.143. The molecule has 0 aliphatic carbocycles. The Balaban J connectivity index is 2.59. The highest BCUT2D eigenvalue weighted by molar-refractivity contribution is 6.48. The highest BCUT2D eigenvalue weighted by Crippen LogP contribution is 2.43. The summed E-state index contributed by atoms with van der Waals surface area (Å²) < 4.78 is 18.1. The van der Waals surface area contributed by atoms with Crippen molar-refractivity contribution >= 4 is 13.1 Å². The van der Waals surface area contributed by atoms with Crippen molar-refractivity contribution in [3.63, 3.8) is 0 Å². The molecule has 2 rings (SSSR count). The monoisotopic (exact) mass is 416 g/mol. The molecule has 0 spiro atoms. The second-order valence-electron chi connectivity index (χ2n) is 11.6. The molecule has 1 atom stereocenters. The molecule has 5 heteroatoms. The molecule has 1 saturated heterocycles. The van der Waals surface area contributed by atoms with Crippen LogP contribution in [0.15, 0.2) is 18.2 Å². The molecule has 0 N–H and O–H groups in total. The van der Waals surface area contributed by atoms with Gasteiger partial charge in [0.05, 0.1) is 24.2 Å². The van der Waals surface area contributed by atoms with Crippen molar-refractivity contribution in [1.29, 1.82) is 0 Å². The topological polar surface area (TPSA) is 44.8 Å². The molecule has 0 aromatic heterocycles. The fraction of sp³-hybridized carbons (Fsp3) is 0.720. The van der Waals surface area contributed by atoms with E-state index in [1.165, 1.54) is 11.1 Å². The van der Waals surface area contributed by atoms with Gasteiger partial charge in [-0.1, -0.05) is 59.7 Å². The predicted octanol–water partition coefficient (Wildman–Crippen LogP) is 5.95. The van der Waals surface area contributed by atoms with Gasteiger partial charge < -0.3 is 14.0 Å². The molecule has 168 valence electrons. The van der Waals surface area contributed by atoms with E-state index in [4.69, 9.17) is 14.0 Å². The Bertz CT molecular complexity index is 720. The zero-order chi connectivity index (χ0) is 23.1. The number of hydrogen-bond acceptors (Lipinski definition) is 4. The zero-order valence-corrected chi connectivity index (χ0v) is 20.9. The highest BCUT2D eigenvalue weighted by atomic mass is 16.7. The molecule has 1 aromatic rings. The molecule has 1 aliphatic rings. The fourth-order valence-corrected chi connectivity index (χ4v) is 3.56. The Hall–Kier alpha value is -1.33. The lowest BCUT2D eigenvalue weighted by Crippen LogP contribution is -2.41. The van der Waals surface area contributed by atoms with Gasteiger partial charge in [-0.05, 0) is 62.1 Å². The summed E-state index contributed by atoms with van der Waals surface area (Å²) in [5, 5.41) is 0. The van der Waals surface area contributed by atoms with E-state index in [0.717, 1.165) is 5.56 Å². The molecule has 0 bridgehead atoms. The third-order valence-electron chi connectivity index (χ3n) is 6.41. The largest absolute Gasteiger partial charge is 0.466 e. The van der Waals surface area contributed by atoms with Crippen LogP contribution in [0.25, 0.3) is 0 Å². The van der Waals surface area contributed by atoms with E-state index in [0.29, 0.717) is 6.61 Å². The first-order chi connectivity index (χ1) is 13.5. The Labute approximate surface area is 184 Å². The molecule has 0 saturated carbocycles. The summed E-state index contributed by atoms with van der Waals surface area (Å²) in [7, 11) is -0.512. The van der Waals surface area contributed by atoms with Crippen LogP contribution in [-0.4, -0.2) is 30.9 Å². The second-order valence-corrected chi connectivity index (χ2v) is 11.6. The molecule has 1 aliphatic heterocycles. The van der Waals surface area contributed by atoms with Gasteiger partial charge in [0, 0.05) is 5.82 Å². The SMILES string of the molecule is CCOC(=O)CC(B1OC(C)(C)C(C)(C)O1)c1cc(C(C)(C)C)cc(C(C)(C)C)c1. The van der Waals surface area contributed by atoms with E-state index in [1.807, 2.05) is 34.6 Å². The Morgan fingerprint density at radius 2 is 1.37 bits per heavy atom. The standard InChI is InChI=1S/C25H41BO4/c1-12-28-21(27)16-20(26-29-24(8,9)25(10,11)30-26)17-13-18(22(2,3)4)15-19(14-17)23(5,6)7/h13-15,20H,12,16H2,1-11H3. The van der Waals surface area contributed by atoms with Gasteiger partial charge in [0.1, 0.15) is 0 Å².